The fourth-order valence-electron chi connectivity index (χ4n) is 1.65. The smallest absolute Gasteiger partial charge is 0.129 e. The van der Waals surface area contributed by atoms with E-state index in [-0.39, 0.29) is 0 Å². The molecule has 0 atom stereocenters. The van der Waals surface area contributed by atoms with Crippen molar-refractivity contribution in [2.45, 2.75) is 17.6 Å². The molecule has 17 heavy (non-hydrogen) atoms. The van der Waals surface area contributed by atoms with Gasteiger partial charge < -0.3 is 5.32 Å². The molecule has 0 saturated heterocycles. The largest absolute Gasteiger partial charge is 0.373 e. The molecule has 0 bridgehead atoms. The van der Waals surface area contributed by atoms with E-state index in [1.54, 1.807) is 0 Å². The summed E-state index contributed by atoms with van der Waals surface area (Å²) in [4.78, 5) is 5.64. The summed E-state index contributed by atoms with van der Waals surface area (Å²) >= 11 is 1.85. The minimum Gasteiger partial charge on any atom is -0.373 e. The molecule has 2 aromatic rings. The predicted molar refractivity (Wildman–Crippen MR) is 74.5 cm³/mol. The second-order valence-corrected chi connectivity index (χ2v) is 4.83. The number of nitrogens with one attached hydrogen (secondary N) is 1. The lowest BCUT2D eigenvalue weighted by atomic mass is 10.2. The molecule has 0 unspecified atom stereocenters. The van der Waals surface area contributed by atoms with Gasteiger partial charge in [0, 0.05) is 29.5 Å². The Morgan fingerprint density at radius 1 is 1.18 bits per heavy atom. The van der Waals surface area contributed by atoms with Gasteiger partial charge in [-0.05, 0) is 24.6 Å². The summed E-state index contributed by atoms with van der Waals surface area (Å²) in [6.07, 6.45) is 1.81. The van der Waals surface area contributed by atoms with Crippen LogP contribution in [0.5, 0.6) is 0 Å². The Morgan fingerprint density at radius 3 is 2.76 bits per heavy atom. The fourth-order valence-corrected chi connectivity index (χ4v) is 2.67. The number of aromatic nitrogens is 1. The van der Waals surface area contributed by atoms with E-state index in [1.165, 1.54) is 16.0 Å². The first kappa shape index (κ1) is 12.0. The van der Waals surface area contributed by atoms with Crippen molar-refractivity contribution in [3.8, 4) is 0 Å². The van der Waals surface area contributed by atoms with Crippen molar-refractivity contribution in [1.29, 1.82) is 0 Å². The Kier molecular flexibility index (Phi) is 4.04. The number of anilines is 1. The van der Waals surface area contributed by atoms with Crippen LogP contribution in [-0.2, 0) is 5.75 Å². The third kappa shape index (κ3) is 3.01. The Hall–Kier alpha value is -1.48. The van der Waals surface area contributed by atoms with Crippen LogP contribution in [0.4, 0.5) is 5.82 Å². The molecule has 0 spiro atoms. The van der Waals surface area contributed by atoms with Gasteiger partial charge in [0.05, 0.1) is 0 Å². The van der Waals surface area contributed by atoms with Crippen molar-refractivity contribution in [1.82, 2.24) is 4.98 Å². The molecule has 2 nitrogen and oxygen atoms in total. The first-order valence-electron chi connectivity index (χ1n) is 5.61. The lowest BCUT2D eigenvalue weighted by Crippen LogP contribution is -1.96. The van der Waals surface area contributed by atoms with Gasteiger partial charge in [0.15, 0.2) is 0 Å². The van der Waals surface area contributed by atoms with Gasteiger partial charge in [-0.1, -0.05) is 24.3 Å². The van der Waals surface area contributed by atoms with Crippen LogP contribution in [0.1, 0.15) is 11.1 Å². The Bertz CT molecular complexity index is 497. The highest BCUT2D eigenvalue weighted by Crippen LogP contribution is 2.27. The van der Waals surface area contributed by atoms with E-state index >= 15 is 0 Å². The normalized spacial score (nSPS) is 10.2. The van der Waals surface area contributed by atoms with Crippen LogP contribution < -0.4 is 5.32 Å². The second-order valence-electron chi connectivity index (χ2n) is 3.82. The third-order valence-corrected chi connectivity index (χ3v) is 3.83. The number of thioether (sulfide) groups is 1. The van der Waals surface area contributed by atoms with Crippen LogP contribution in [0.2, 0.25) is 0 Å². The van der Waals surface area contributed by atoms with Crippen molar-refractivity contribution >= 4 is 17.6 Å². The molecule has 0 saturated carbocycles. The SMILES string of the molecule is CNc1ncccc1CSc1ccccc1C. The maximum atomic E-state index is 4.31. The highest BCUT2D eigenvalue weighted by molar-refractivity contribution is 7.98. The molecule has 0 aliphatic carbocycles. The van der Waals surface area contributed by atoms with Gasteiger partial charge in [-0.15, -0.1) is 11.8 Å². The van der Waals surface area contributed by atoms with Gasteiger partial charge in [0.1, 0.15) is 5.82 Å². The van der Waals surface area contributed by atoms with Crippen LogP contribution in [0, 0.1) is 6.92 Å². The zero-order chi connectivity index (χ0) is 12.1. The zero-order valence-electron chi connectivity index (χ0n) is 10.1. The van der Waals surface area contributed by atoms with Crippen LogP contribution in [0.15, 0.2) is 47.5 Å². The molecule has 1 heterocycles. The van der Waals surface area contributed by atoms with Gasteiger partial charge in [-0.25, -0.2) is 4.98 Å². The quantitative estimate of drug-likeness (QED) is 0.830. The lowest BCUT2D eigenvalue weighted by Gasteiger charge is -2.08. The number of pyridine rings is 1. The Labute approximate surface area is 106 Å². The number of hydrogen-bond donors (Lipinski definition) is 1. The molecule has 88 valence electrons. The van der Waals surface area contributed by atoms with E-state index in [2.05, 4.69) is 47.6 Å². The van der Waals surface area contributed by atoms with Gasteiger partial charge in [-0.3, -0.25) is 0 Å². The number of nitrogens with zero attached hydrogens (tertiary/aromatic N) is 1. The van der Waals surface area contributed by atoms with Crippen molar-refractivity contribution in [3.05, 3.63) is 53.7 Å². The Morgan fingerprint density at radius 2 is 2.00 bits per heavy atom. The summed E-state index contributed by atoms with van der Waals surface area (Å²) in [7, 11) is 1.91. The standard InChI is InChI=1S/C14H16N2S/c1-11-6-3-4-8-13(11)17-10-12-7-5-9-16-14(12)15-2/h3-9H,10H2,1-2H3,(H,15,16). The molecule has 0 aliphatic rings. The number of hydrogen-bond acceptors (Lipinski definition) is 3. The second kappa shape index (κ2) is 5.73. The van der Waals surface area contributed by atoms with Crippen molar-refractivity contribution in [2.75, 3.05) is 12.4 Å². The number of rotatable bonds is 4. The third-order valence-electron chi connectivity index (χ3n) is 2.60. The Balaban J connectivity index is 2.10. The van der Waals surface area contributed by atoms with E-state index in [0.29, 0.717) is 0 Å². The number of benzene rings is 1. The molecule has 1 N–H and O–H groups in total. The molecule has 0 fully saturated rings. The molecule has 0 aliphatic heterocycles. The van der Waals surface area contributed by atoms with E-state index in [9.17, 15) is 0 Å². The maximum Gasteiger partial charge on any atom is 0.129 e. The number of aryl methyl sites for hydroxylation is 1. The van der Waals surface area contributed by atoms with E-state index in [0.717, 1.165) is 11.6 Å². The van der Waals surface area contributed by atoms with Crippen LogP contribution in [0.3, 0.4) is 0 Å². The van der Waals surface area contributed by atoms with Crippen molar-refractivity contribution in [2.24, 2.45) is 0 Å². The van der Waals surface area contributed by atoms with E-state index in [4.69, 9.17) is 0 Å². The summed E-state index contributed by atoms with van der Waals surface area (Å²) in [5, 5.41) is 3.12. The zero-order valence-corrected chi connectivity index (χ0v) is 10.9. The van der Waals surface area contributed by atoms with E-state index < -0.39 is 0 Å². The first-order chi connectivity index (χ1) is 8.31. The van der Waals surface area contributed by atoms with Crippen LogP contribution >= 0.6 is 11.8 Å². The minimum atomic E-state index is 0.939. The summed E-state index contributed by atoms with van der Waals surface area (Å²) in [6, 6.07) is 12.6. The molecule has 2 rings (SSSR count). The average Bonchev–Trinajstić information content (AvgIpc) is 2.38. The summed E-state index contributed by atoms with van der Waals surface area (Å²) < 4.78 is 0. The molecule has 1 aromatic heterocycles. The molecular formula is C14H16N2S. The molecule has 1 aromatic carbocycles. The van der Waals surface area contributed by atoms with Gasteiger partial charge >= 0.3 is 0 Å². The molecular weight excluding hydrogens is 228 g/mol. The van der Waals surface area contributed by atoms with Crippen molar-refractivity contribution < 1.29 is 0 Å². The van der Waals surface area contributed by atoms with Gasteiger partial charge in [-0.2, -0.15) is 0 Å². The summed E-state index contributed by atoms with van der Waals surface area (Å²) in [6.45, 7) is 2.14. The minimum absolute atomic E-state index is 0.939. The average molecular weight is 244 g/mol. The first-order valence-corrected chi connectivity index (χ1v) is 6.60. The molecule has 3 heteroatoms. The van der Waals surface area contributed by atoms with Gasteiger partial charge in [0.25, 0.3) is 0 Å². The fraction of sp³-hybridized carbons (Fsp3) is 0.214. The lowest BCUT2D eigenvalue weighted by molar-refractivity contribution is 1.22. The topological polar surface area (TPSA) is 24.9 Å². The van der Waals surface area contributed by atoms with Crippen LogP contribution in [-0.4, -0.2) is 12.0 Å². The highest BCUT2D eigenvalue weighted by atomic mass is 32.2. The molecule has 0 radical (unpaired) electrons. The summed E-state index contributed by atoms with van der Waals surface area (Å²) in [5.74, 6) is 1.91. The predicted octanol–water partition coefficient (Wildman–Crippen LogP) is 3.72. The van der Waals surface area contributed by atoms with Gasteiger partial charge in [0.2, 0.25) is 0 Å². The highest BCUT2D eigenvalue weighted by Gasteiger charge is 2.03. The van der Waals surface area contributed by atoms with E-state index in [1.807, 2.05) is 31.1 Å². The maximum absolute atomic E-state index is 4.31. The molecule has 0 amide bonds. The van der Waals surface area contributed by atoms with Crippen LogP contribution in [0.25, 0.3) is 0 Å². The summed E-state index contributed by atoms with van der Waals surface area (Å²) in [5.41, 5.74) is 2.57. The van der Waals surface area contributed by atoms with Crippen molar-refractivity contribution in [3.63, 3.8) is 0 Å². The monoisotopic (exact) mass is 244 g/mol.